The van der Waals surface area contributed by atoms with Crippen LogP contribution in [0.15, 0.2) is 18.2 Å². The number of carbonyl (C=O) groups is 1. The van der Waals surface area contributed by atoms with Gasteiger partial charge in [-0.25, -0.2) is 0 Å². The lowest BCUT2D eigenvalue weighted by atomic mass is 10.2. The fourth-order valence-electron chi connectivity index (χ4n) is 2.07. The summed E-state index contributed by atoms with van der Waals surface area (Å²) in [6.45, 7) is 3.89. The number of carbonyl (C=O) groups excluding carboxylic acids is 1. The maximum Gasteiger partial charge on any atom is 0.224 e. The van der Waals surface area contributed by atoms with Gasteiger partial charge in [-0.2, -0.15) is 0 Å². The molecule has 1 aromatic rings. The van der Waals surface area contributed by atoms with E-state index in [4.69, 9.17) is 27.9 Å². The van der Waals surface area contributed by atoms with Crippen molar-refractivity contribution in [2.75, 3.05) is 32.8 Å². The molecule has 0 radical (unpaired) electrons. The molecule has 1 aliphatic heterocycles. The van der Waals surface area contributed by atoms with Crippen molar-refractivity contribution in [3.63, 3.8) is 0 Å². The van der Waals surface area contributed by atoms with Crippen LogP contribution in [-0.4, -0.2) is 43.7 Å². The summed E-state index contributed by atoms with van der Waals surface area (Å²) in [5.74, 6) is 0.165. The minimum atomic E-state index is 0.165. The highest BCUT2D eigenvalue weighted by atomic mass is 35.5. The largest absolute Gasteiger partial charge is 0.378 e. The number of halogens is 2. The predicted molar refractivity (Wildman–Crippen MR) is 80.2 cm³/mol. The number of nitrogens with zero attached hydrogens (tertiary/aromatic N) is 1. The molecule has 6 heteroatoms. The van der Waals surface area contributed by atoms with E-state index in [1.54, 1.807) is 12.1 Å². The lowest BCUT2D eigenvalue weighted by Gasteiger charge is -2.26. The quantitative estimate of drug-likeness (QED) is 0.848. The van der Waals surface area contributed by atoms with E-state index < -0.39 is 0 Å². The number of hydrogen-bond acceptors (Lipinski definition) is 3. The first-order valence-electron chi connectivity index (χ1n) is 6.67. The van der Waals surface area contributed by atoms with Crippen molar-refractivity contribution in [3.05, 3.63) is 33.8 Å². The average Bonchev–Trinajstić information content (AvgIpc) is 2.47. The molecule has 1 heterocycles. The third kappa shape index (κ3) is 4.63. The minimum absolute atomic E-state index is 0.165. The summed E-state index contributed by atoms with van der Waals surface area (Å²) in [7, 11) is 0. The molecule has 20 heavy (non-hydrogen) atoms. The van der Waals surface area contributed by atoms with E-state index in [0.717, 1.165) is 5.56 Å². The number of nitrogens with one attached hydrogen (secondary N) is 1. The SMILES string of the molecule is O=C(CCNCc1cc(Cl)ccc1Cl)N1CCOCC1. The van der Waals surface area contributed by atoms with Crippen molar-refractivity contribution in [1.82, 2.24) is 10.2 Å². The first-order valence-corrected chi connectivity index (χ1v) is 7.42. The molecular weight excluding hydrogens is 299 g/mol. The number of ether oxygens (including phenoxy) is 1. The highest BCUT2D eigenvalue weighted by Gasteiger charge is 2.15. The number of benzene rings is 1. The highest BCUT2D eigenvalue weighted by Crippen LogP contribution is 2.20. The van der Waals surface area contributed by atoms with Gasteiger partial charge < -0.3 is 15.0 Å². The molecule has 2 rings (SSSR count). The summed E-state index contributed by atoms with van der Waals surface area (Å²) in [5.41, 5.74) is 0.943. The Kier molecular flexibility index (Phi) is 6.10. The highest BCUT2D eigenvalue weighted by molar-refractivity contribution is 6.33. The summed E-state index contributed by atoms with van der Waals surface area (Å²) >= 11 is 12.0. The van der Waals surface area contributed by atoms with Gasteiger partial charge in [0.1, 0.15) is 0 Å². The van der Waals surface area contributed by atoms with Crippen LogP contribution >= 0.6 is 23.2 Å². The van der Waals surface area contributed by atoms with Crippen LogP contribution in [0.3, 0.4) is 0 Å². The number of morpholine rings is 1. The van der Waals surface area contributed by atoms with E-state index in [0.29, 0.717) is 55.9 Å². The molecule has 0 unspecified atom stereocenters. The van der Waals surface area contributed by atoms with E-state index in [2.05, 4.69) is 5.32 Å². The van der Waals surface area contributed by atoms with Crippen molar-refractivity contribution in [2.24, 2.45) is 0 Å². The van der Waals surface area contributed by atoms with Gasteiger partial charge in [-0.15, -0.1) is 0 Å². The van der Waals surface area contributed by atoms with Gasteiger partial charge in [0.25, 0.3) is 0 Å². The Morgan fingerprint density at radius 1 is 1.30 bits per heavy atom. The molecule has 1 aliphatic rings. The Hall–Kier alpha value is -0.810. The fraction of sp³-hybridized carbons (Fsp3) is 0.500. The van der Waals surface area contributed by atoms with Crippen LogP contribution < -0.4 is 5.32 Å². The van der Waals surface area contributed by atoms with Crippen LogP contribution in [0.5, 0.6) is 0 Å². The average molecular weight is 317 g/mol. The van der Waals surface area contributed by atoms with E-state index in [-0.39, 0.29) is 5.91 Å². The second-order valence-electron chi connectivity index (χ2n) is 4.66. The summed E-state index contributed by atoms with van der Waals surface area (Å²) in [5, 5.41) is 4.56. The Morgan fingerprint density at radius 3 is 2.80 bits per heavy atom. The van der Waals surface area contributed by atoms with Gasteiger partial charge in [0, 0.05) is 42.6 Å². The third-order valence-corrected chi connectivity index (χ3v) is 3.81. The molecule has 1 N–H and O–H groups in total. The molecule has 1 fully saturated rings. The van der Waals surface area contributed by atoms with Gasteiger partial charge in [0.15, 0.2) is 0 Å². The zero-order chi connectivity index (χ0) is 14.4. The van der Waals surface area contributed by atoms with E-state index in [9.17, 15) is 4.79 Å². The van der Waals surface area contributed by atoms with Crippen LogP contribution in [0, 0.1) is 0 Å². The summed E-state index contributed by atoms with van der Waals surface area (Å²) in [4.78, 5) is 13.8. The number of rotatable bonds is 5. The summed E-state index contributed by atoms with van der Waals surface area (Å²) in [6, 6.07) is 5.37. The second-order valence-corrected chi connectivity index (χ2v) is 5.50. The summed E-state index contributed by atoms with van der Waals surface area (Å²) in [6.07, 6.45) is 0.484. The maximum atomic E-state index is 11.9. The van der Waals surface area contributed by atoms with Crippen LogP contribution in [0.25, 0.3) is 0 Å². The molecule has 0 saturated carbocycles. The van der Waals surface area contributed by atoms with Gasteiger partial charge in [0.2, 0.25) is 5.91 Å². The molecular formula is C14H18Cl2N2O2. The molecule has 1 amide bonds. The van der Waals surface area contributed by atoms with Crippen molar-refractivity contribution in [3.8, 4) is 0 Å². The standard InChI is InChI=1S/C14H18Cl2N2O2/c15-12-1-2-13(16)11(9-12)10-17-4-3-14(19)18-5-7-20-8-6-18/h1-2,9,17H,3-8,10H2. The topological polar surface area (TPSA) is 41.6 Å². The van der Waals surface area contributed by atoms with Crippen LogP contribution in [0.2, 0.25) is 10.0 Å². The molecule has 0 aliphatic carbocycles. The summed E-state index contributed by atoms with van der Waals surface area (Å²) < 4.78 is 5.22. The Bertz CT molecular complexity index is 462. The molecule has 0 atom stereocenters. The third-order valence-electron chi connectivity index (χ3n) is 3.20. The van der Waals surface area contributed by atoms with Gasteiger partial charge in [-0.05, 0) is 23.8 Å². The fourth-order valence-corrected chi connectivity index (χ4v) is 2.45. The predicted octanol–water partition coefficient (Wildman–Crippen LogP) is 2.33. The Morgan fingerprint density at radius 2 is 2.05 bits per heavy atom. The first kappa shape index (κ1) is 15.6. The van der Waals surface area contributed by atoms with E-state index in [1.165, 1.54) is 0 Å². The molecule has 1 saturated heterocycles. The van der Waals surface area contributed by atoms with Crippen LogP contribution in [-0.2, 0) is 16.1 Å². The molecule has 0 spiro atoms. The molecule has 0 aromatic heterocycles. The monoisotopic (exact) mass is 316 g/mol. The van der Waals surface area contributed by atoms with Gasteiger partial charge in [-0.3, -0.25) is 4.79 Å². The lowest BCUT2D eigenvalue weighted by Crippen LogP contribution is -2.41. The van der Waals surface area contributed by atoms with Crippen molar-refractivity contribution in [2.45, 2.75) is 13.0 Å². The zero-order valence-corrected chi connectivity index (χ0v) is 12.7. The molecule has 4 nitrogen and oxygen atoms in total. The number of amides is 1. The van der Waals surface area contributed by atoms with Crippen LogP contribution in [0.4, 0.5) is 0 Å². The van der Waals surface area contributed by atoms with Gasteiger partial charge in [0.05, 0.1) is 13.2 Å². The van der Waals surface area contributed by atoms with Gasteiger partial charge >= 0.3 is 0 Å². The normalized spacial score (nSPS) is 15.4. The minimum Gasteiger partial charge on any atom is -0.378 e. The van der Waals surface area contributed by atoms with Crippen molar-refractivity contribution < 1.29 is 9.53 Å². The van der Waals surface area contributed by atoms with Crippen molar-refractivity contribution >= 4 is 29.1 Å². The Labute approximate surface area is 129 Å². The Balaban J connectivity index is 1.70. The lowest BCUT2D eigenvalue weighted by molar-refractivity contribution is -0.135. The molecule has 110 valence electrons. The van der Waals surface area contributed by atoms with E-state index in [1.807, 2.05) is 11.0 Å². The molecule has 1 aromatic carbocycles. The maximum absolute atomic E-state index is 11.9. The second kappa shape index (κ2) is 7.84. The smallest absolute Gasteiger partial charge is 0.224 e. The van der Waals surface area contributed by atoms with Crippen LogP contribution in [0.1, 0.15) is 12.0 Å². The zero-order valence-electron chi connectivity index (χ0n) is 11.2. The number of hydrogen-bond donors (Lipinski definition) is 1. The van der Waals surface area contributed by atoms with E-state index >= 15 is 0 Å². The van der Waals surface area contributed by atoms with Gasteiger partial charge in [-0.1, -0.05) is 23.2 Å². The van der Waals surface area contributed by atoms with Crippen molar-refractivity contribution in [1.29, 1.82) is 0 Å². The first-order chi connectivity index (χ1) is 9.66. The molecule has 0 bridgehead atoms.